The van der Waals surface area contributed by atoms with Gasteiger partial charge in [0.05, 0.1) is 0 Å². The van der Waals surface area contributed by atoms with Crippen LogP contribution in [0, 0.1) is 6.92 Å². The van der Waals surface area contributed by atoms with E-state index in [-0.39, 0.29) is 5.41 Å². The maximum Gasteiger partial charge on any atom is 0.154 e. The Kier molecular flexibility index (Phi) is 3.52. The van der Waals surface area contributed by atoms with E-state index in [2.05, 4.69) is 27.4 Å². The molecule has 0 aliphatic carbocycles. The summed E-state index contributed by atoms with van der Waals surface area (Å²) in [6.07, 6.45) is 0. The lowest BCUT2D eigenvalue weighted by atomic mass is 9.76. The summed E-state index contributed by atoms with van der Waals surface area (Å²) in [5, 5.41) is 0. The number of halogens is 1. The Hall–Kier alpha value is -1.11. The van der Waals surface area contributed by atoms with Crippen LogP contribution in [0.5, 0.6) is 0 Å². The highest BCUT2D eigenvalue weighted by Gasteiger charge is 2.33. The van der Waals surface area contributed by atoms with Crippen molar-refractivity contribution in [3.05, 3.63) is 47.0 Å². The number of rotatable bonds is 2. The third-order valence-corrected chi connectivity index (χ3v) is 3.35. The van der Waals surface area contributed by atoms with Gasteiger partial charge < -0.3 is 0 Å². The molecule has 0 nitrogen and oxygen atoms in total. The molecule has 0 fully saturated rings. The Morgan fingerprint density at radius 3 is 2.12 bits per heavy atom. The summed E-state index contributed by atoms with van der Waals surface area (Å²) in [6, 6.07) is 5.97. The maximum absolute atomic E-state index is 14.9. The molecule has 0 amide bonds. The third-order valence-electron chi connectivity index (χ3n) is 3.35. The highest BCUT2D eigenvalue weighted by molar-refractivity contribution is 5.45. The van der Waals surface area contributed by atoms with Crippen molar-refractivity contribution in [3.63, 3.8) is 0 Å². The average molecular weight is 234 g/mol. The number of allylic oxidation sites excluding steroid dienone is 1. The molecular formula is C16H23F. The van der Waals surface area contributed by atoms with Crippen molar-refractivity contribution in [2.45, 2.75) is 52.6 Å². The lowest BCUT2D eigenvalue weighted by Gasteiger charge is -2.31. The van der Waals surface area contributed by atoms with Crippen molar-refractivity contribution >= 4 is 0 Å². The fourth-order valence-electron chi connectivity index (χ4n) is 2.13. The van der Waals surface area contributed by atoms with Gasteiger partial charge in [0.15, 0.2) is 5.67 Å². The fourth-order valence-corrected chi connectivity index (χ4v) is 2.13. The van der Waals surface area contributed by atoms with Crippen molar-refractivity contribution in [1.29, 1.82) is 0 Å². The van der Waals surface area contributed by atoms with E-state index in [0.29, 0.717) is 5.57 Å². The molecule has 0 radical (unpaired) electrons. The summed E-state index contributed by atoms with van der Waals surface area (Å²) in [5.74, 6) is 0. The minimum Gasteiger partial charge on any atom is -0.234 e. The topological polar surface area (TPSA) is 0 Å². The lowest BCUT2D eigenvalue weighted by molar-refractivity contribution is 0.240. The molecular weight excluding hydrogens is 211 g/mol. The van der Waals surface area contributed by atoms with Crippen LogP contribution in [0.25, 0.3) is 0 Å². The van der Waals surface area contributed by atoms with Gasteiger partial charge in [-0.25, -0.2) is 4.39 Å². The molecule has 1 heteroatoms. The second kappa shape index (κ2) is 4.29. The zero-order valence-corrected chi connectivity index (χ0v) is 11.8. The van der Waals surface area contributed by atoms with Gasteiger partial charge in [-0.1, -0.05) is 45.5 Å². The Morgan fingerprint density at radius 2 is 1.71 bits per heavy atom. The van der Waals surface area contributed by atoms with E-state index in [1.165, 1.54) is 0 Å². The van der Waals surface area contributed by atoms with Gasteiger partial charge in [-0.05, 0) is 48.4 Å². The van der Waals surface area contributed by atoms with Crippen LogP contribution in [0.3, 0.4) is 0 Å². The molecule has 0 bridgehead atoms. The van der Waals surface area contributed by atoms with Crippen LogP contribution < -0.4 is 0 Å². The molecule has 0 saturated heterocycles. The van der Waals surface area contributed by atoms with E-state index >= 15 is 0 Å². The Morgan fingerprint density at radius 1 is 1.18 bits per heavy atom. The monoisotopic (exact) mass is 234 g/mol. The minimum atomic E-state index is -1.46. The quantitative estimate of drug-likeness (QED) is 0.628. The van der Waals surface area contributed by atoms with Crippen molar-refractivity contribution < 1.29 is 4.39 Å². The van der Waals surface area contributed by atoms with E-state index in [4.69, 9.17) is 0 Å². The van der Waals surface area contributed by atoms with Crippen molar-refractivity contribution in [1.82, 2.24) is 0 Å². The van der Waals surface area contributed by atoms with Gasteiger partial charge in [-0.2, -0.15) is 0 Å². The Balaban J connectivity index is 3.57. The summed E-state index contributed by atoms with van der Waals surface area (Å²) in [5.41, 5.74) is 1.85. The standard InChI is InChI=1S/C16H23F/c1-11(2)16(7,17)14-12(3)9-8-10-13(14)15(4,5)6/h8-10H,1H2,2-7H3. The highest BCUT2D eigenvalue weighted by atomic mass is 19.1. The molecule has 1 unspecified atom stereocenters. The molecule has 94 valence electrons. The molecule has 1 aromatic rings. The molecule has 0 aliphatic rings. The third kappa shape index (κ3) is 2.59. The molecule has 1 atom stereocenters. The van der Waals surface area contributed by atoms with Crippen LogP contribution in [-0.4, -0.2) is 0 Å². The SMILES string of the molecule is C=C(C)C(C)(F)c1c(C)cccc1C(C)(C)C. The van der Waals surface area contributed by atoms with Gasteiger partial charge in [-0.3, -0.25) is 0 Å². The lowest BCUT2D eigenvalue weighted by Crippen LogP contribution is -2.25. The Bertz CT molecular complexity index is 433. The minimum absolute atomic E-state index is 0.0653. The predicted molar refractivity (Wildman–Crippen MR) is 73.2 cm³/mol. The zero-order valence-electron chi connectivity index (χ0n) is 11.8. The summed E-state index contributed by atoms with van der Waals surface area (Å²) < 4.78 is 14.9. The van der Waals surface area contributed by atoms with E-state index in [1.807, 2.05) is 25.1 Å². The first-order chi connectivity index (χ1) is 7.58. The van der Waals surface area contributed by atoms with Crippen LogP contribution in [0.1, 0.15) is 51.3 Å². The molecule has 0 heterocycles. The number of alkyl halides is 1. The summed E-state index contributed by atoms with van der Waals surface area (Å²) in [7, 11) is 0. The van der Waals surface area contributed by atoms with Gasteiger partial charge in [0, 0.05) is 0 Å². The highest BCUT2D eigenvalue weighted by Crippen LogP contribution is 2.40. The largest absolute Gasteiger partial charge is 0.234 e. The number of benzene rings is 1. The van der Waals surface area contributed by atoms with Crippen molar-refractivity contribution in [3.8, 4) is 0 Å². The molecule has 17 heavy (non-hydrogen) atoms. The predicted octanol–water partition coefficient (Wildman–Crippen LogP) is 5.05. The first-order valence-corrected chi connectivity index (χ1v) is 6.04. The van der Waals surface area contributed by atoms with E-state index in [9.17, 15) is 4.39 Å². The molecule has 0 spiro atoms. The summed E-state index contributed by atoms with van der Waals surface area (Å²) in [6.45, 7) is 15.4. The number of hydrogen-bond donors (Lipinski definition) is 0. The van der Waals surface area contributed by atoms with Crippen LogP contribution in [-0.2, 0) is 11.1 Å². The molecule has 0 saturated carbocycles. The van der Waals surface area contributed by atoms with Crippen molar-refractivity contribution in [2.24, 2.45) is 0 Å². The van der Waals surface area contributed by atoms with E-state index < -0.39 is 5.67 Å². The molecule has 0 aromatic heterocycles. The van der Waals surface area contributed by atoms with E-state index in [1.54, 1.807) is 13.8 Å². The van der Waals surface area contributed by atoms with Crippen LogP contribution >= 0.6 is 0 Å². The first kappa shape index (κ1) is 14.0. The fraction of sp³-hybridized carbons (Fsp3) is 0.500. The van der Waals surface area contributed by atoms with Gasteiger partial charge in [0.2, 0.25) is 0 Å². The second-order valence-electron chi connectivity index (χ2n) is 6.03. The summed E-state index contributed by atoms with van der Waals surface area (Å²) >= 11 is 0. The smallest absolute Gasteiger partial charge is 0.154 e. The van der Waals surface area contributed by atoms with Gasteiger partial charge in [0.25, 0.3) is 0 Å². The number of aryl methyl sites for hydroxylation is 1. The second-order valence-corrected chi connectivity index (χ2v) is 6.03. The van der Waals surface area contributed by atoms with Gasteiger partial charge >= 0.3 is 0 Å². The van der Waals surface area contributed by atoms with Crippen molar-refractivity contribution in [2.75, 3.05) is 0 Å². The molecule has 0 N–H and O–H groups in total. The van der Waals surface area contributed by atoms with E-state index in [0.717, 1.165) is 16.7 Å². The number of hydrogen-bond acceptors (Lipinski definition) is 0. The first-order valence-electron chi connectivity index (χ1n) is 6.04. The van der Waals surface area contributed by atoms with Crippen LogP contribution in [0.2, 0.25) is 0 Å². The van der Waals surface area contributed by atoms with Gasteiger partial charge in [-0.15, -0.1) is 0 Å². The van der Waals surface area contributed by atoms with Crippen LogP contribution in [0.15, 0.2) is 30.4 Å². The molecule has 1 rings (SSSR count). The average Bonchev–Trinajstić information content (AvgIpc) is 2.15. The zero-order chi connectivity index (χ0) is 13.4. The van der Waals surface area contributed by atoms with Crippen LogP contribution in [0.4, 0.5) is 4.39 Å². The van der Waals surface area contributed by atoms with Gasteiger partial charge in [0.1, 0.15) is 0 Å². The summed E-state index contributed by atoms with van der Waals surface area (Å²) in [4.78, 5) is 0. The Labute approximate surface area is 105 Å². The molecule has 1 aromatic carbocycles. The maximum atomic E-state index is 14.9. The molecule has 0 aliphatic heterocycles. The normalized spacial score (nSPS) is 15.5.